The molecular weight excluding hydrogens is 250 g/mol. The van der Waals surface area contributed by atoms with Crippen molar-refractivity contribution in [2.75, 3.05) is 6.54 Å². The summed E-state index contributed by atoms with van der Waals surface area (Å²) in [5, 5.41) is 18.7. The topological polar surface area (TPSA) is 123 Å². The molecule has 1 atom stereocenters. The van der Waals surface area contributed by atoms with Crippen molar-refractivity contribution in [3.63, 3.8) is 0 Å². The molecule has 1 aromatic heterocycles. The summed E-state index contributed by atoms with van der Waals surface area (Å²) in [6.45, 7) is 2.56. The van der Waals surface area contributed by atoms with E-state index in [1.54, 1.807) is 0 Å². The lowest BCUT2D eigenvalue weighted by Crippen LogP contribution is -2.24. The Kier molecular flexibility index (Phi) is 5.94. The standard InChI is InChI=1S/C11H19N5O3/c1-8(4-12)2-3-10(17)13-5-9-6-16(15-14-9)7-11(18)19/h6,8H,2-5,7,12H2,1H3,(H,13,17)(H,18,19). The second-order valence-corrected chi connectivity index (χ2v) is 4.46. The molecule has 1 rings (SSSR count). The molecule has 0 aromatic carbocycles. The number of carboxylic acid groups (broad SMARTS) is 1. The van der Waals surface area contributed by atoms with Crippen LogP contribution < -0.4 is 11.1 Å². The van der Waals surface area contributed by atoms with E-state index in [4.69, 9.17) is 10.8 Å². The molecule has 0 radical (unpaired) electrons. The molecule has 0 fully saturated rings. The van der Waals surface area contributed by atoms with Gasteiger partial charge in [0.25, 0.3) is 0 Å². The number of rotatable bonds is 8. The van der Waals surface area contributed by atoms with Gasteiger partial charge in [-0.25, -0.2) is 4.68 Å². The first-order valence-electron chi connectivity index (χ1n) is 6.08. The molecule has 4 N–H and O–H groups in total. The quantitative estimate of drug-likeness (QED) is 0.576. The van der Waals surface area contributed by atoms with Gasteiger partial charge in [-0.2, -0.15) is 0 Å². The van der Waals surface area contributed by atoms with Gasteiger partial charge in [0.2, 0.25) is 5.91 Å². The fourth-order valence-corrected chi connectivity index (χ4v) is 1.41. The van der Waals surface area contributed by atoms with Crippen LogP contribution in [0.3, 0.4) is 0 Å². The van der Waals surface area contributed by atoms with Crippen LogP contribution in [0.1, 0.15) is 25.5 Å². The van der Waals surface area contributed by atoms with Gasteiger partial charge in [-0.1, -0.05) is 12.1 Å². The van der Waals surface area contributed by atoms with Gasteiger partial charge in [0.1, 0.15) is 12.2 Å². The van der Waals surface area contributed by atoms with E-state index in [1.807, 2.05) is 6.92 Å². The Labute approximate surface area is 111 Å². The van der Waals surface area contributed by atoms with Crippen molar-refractivity contribution in [3.8, 4) is 0 Å². The molecule has 0 aliphatic carbocycles. The average Bonchev–Trinajstić information content (AvgIpc) is 2.80. The van der Waals surface area contributed by atoms with Crippen LogP contribution in [-0.4, -0.2) is 38.5 Å². The molecule has 0 saturated heterocycles. The summed E-state index contributed by atoms with van der Waals surface area (Å²) in [5.74, 6) is -0.744. The predicted molar refractivity (Wildman–Crippen MR) is 67.0 cm³/mol. The Balaban J connectivity index is 2.30. The molecule has 0 spiro atoms. The number of carboxylic acids is 1. The van der Waals surface area contributed by atoms with Crippen molar-refractivity contribution >= 4 is 11.9 Å². The number of hydrogen-bond acceptors (Lipinski definition) is 5. The number of carbonyl (C=O) groups is 2. The zero-order valence-corrected chi connectivity index (χ0v) is 10.9. The average molecular weight is 269 g/mol. The molecule has 0 aliphatic rings. The summed E-state index contributed by atoms with van der Waals surface area (Å²) in [7, 11) is 0. The van der Waals surface area contributed by atoms with E-state index in [1.165, 1.54) is 10.9 Å². The molecule has 1 amide bonds. The zero-order valence-electron chi connectivity index (χ0n) is 10.9. The van der Waals surface area contributed by atoms with Gasteiger partial charge in [0, 0.05) is 6.42 Å². The van der Waals surface area contributed by atoms with E-state index in [0.717, 1.165) is 6.42 Å². The zero-order chi connectivity index (χ0) is 14.3. The number of aliphatic carboxylic acids is 1. The van der Waals surface area contributed by atoms with Gasteiger partial charge in [-0.05, 0) is 18.9 Å². The third-order valence-electron chi connectivity index (χ3n) is 2.62. The Hall–Kier alpha value is -1.96. The van der Waals surface area contributed by atoms with Crippen molar-refractivity contribution in [3.05, 3.63) is 11.9 Å². The summed E-state index contributed by atoms with van der Waals surface area (Å²) >= 11 is 0. The summed E-state index contributed by atoms with van der Waals surface area (Å²) in [5.41, 5.74) is 5.99. The minimum Gasteiger partial charge on any atom is -0.480 e. The normalized spacial score (nSPS) is 12.1. The third-order valence-corrected chi connectivity index (χ3v) is 2.62. The fourth-order valence-electron chi connectivity index (χ4n) is 1.41. The molecule has 0 bridgehead atoms. The van der Waals surface area contributed by atoms with Crippen LogP contribution in [0.5, 0.6) is 0 Å². The minimum absolute atomic E-state index is 0.0758. The van der Waals surface area contributed by atoms with Crippen molar-refractivity contribution < 1.29 is 14.7 Å². The highest BCUT2D eigenvalue weighted by Gasteiger charge is 2.07. The summed E-state index contributed by atoms with van der Waals surface area (Å²) < 4.78 is 1.21. The Morgan fingerprint density at radius 1 is 1.58 bits per heavy atom. The van der Waals surface area contributed by atoms with Gasteiger partial charge in [0.15, 0.2) is 0 Å². The van der Waals surface area contributed by atoms with E-state index in [0.29, 0.717) is 24.6 Å². The molecule has 0 saturated carbocycles. The van der Waals surface area contributed by atoms with Gasteiger partial charge < -0.3 is 16.2 Å². The lowest BCUT2D eigenvalue weighted by Gasteiger charge is -2.07. The molecule has 0 aliphatic heterocycles. The van der Waals surface area contributed by atoms with Gasteiger partial charge in [0.05, 0.1) is 12.7 Å². The maximum atomic E-state index is 11.5. The second kappa shape index (κ2) is 7.47. The van der Waals surface area contributed by atoms with Crippen LogP contribution in [-0.2, 0) is 22.7 Å². The molecule has 1 unspecified atom stereocenters. The first kappa shape index (κ1) is 15.1. The van der Waals surface area contributed by atoms with Crippen LogP contribution in [0.25, 0.3) is 0 Å². The first-order chi connectivity index (χ1) is 9.01. The monoisotopic (exact) mass is 269 g/mol. The lowest BCUT2D eigenvalue weighted by molar-refractivity contribution is -0.138. The number of hydrogen-bond donors (Lipinski definition) is 3. The molecule has 1 heterocycles. The largest absolute Gasteiger partial charge is 0.480 e. The van der Waals surface area contributed by atoms with Crippen LogP contribution in [0, 0.1) is 5.92 Å². The first-order valence-corrected chi connectivity index (χ1v) is 6.08. The SMILES string of the molecule is CC(CN)CCC(=O)NCc1cn(CC(=O)O)nn1. The van der Waals surface area contributed by atoms with E-state index in [2.05, 4.69) is 15.6 Å². The maximum absolute atomic E-state index is 11.5. The minimum atomic E-state index is -0.990. The highest BCUT2D eigenvalue weighted by Crippen LogP contribution is 2.03. The van der Waals surface area contributed by atoms with E-state index in [9.17, 15) is 9.59 Å². The van der Waals surface area contributed by atoms with Crippen molar-refractivity contribution in [2.24, 2.45) is 11.7 Å². The molecule has 19 heavy (non-hydrogen) atoms. The van der Waals surface area contributed by atoms with Crippen LogP contribution in [0.2, 0.25) is 0 Å². The molecule has 8 nitrogen and oxygen atoms in total. The highest BCUT2D eigenvalue weighted by atomic mass is 16.4. The van der Waals surface area contributed by atoms with Crippen LogP contribution >= 0.6 is 0 Å². The fraction of sp³-hybridized carbons (Fsp3) is 0.636. The molecule has 8 heteroatoms. The third kappa shape index (κ3) is 5.96. The van der Waals surface area contributed by atoms with Crippen molar-refractivity contribution in [1.82, 2.24) is 20.3 Å². The number of aromatic nitrogens is 3. The summed E-state index contributed by atoms with van der Waals surface area (Å²) in [4.78, 5) is 22.0. The summed E-state index contributed by atoms with van der Waals surface area (Å²) in [6.07, 6.45) is 2.66. The number of nitrogens with zero attached hydrogens (tertiary/aromatic N) is 3. The Morgan fingerprint density at radius 2 is 2.32 bits per heavy atom. The van der Waals surface area contributed by atoms with E-state index < -0.39 is 5.97 Å². The molecule has 106 valence electrons. The number of nitrogens with two attached hydrogens (primary N) is 1. The second-order valence-electron chi connectivity index (χ2n) is 4.46. The van der Waals surface area contributed by atoms with Crippen LogP contribution in [0.4, 0.5) is 0 Å². The van der Waals surface area contributed by atoms with Crippen molar-refractivity contribution in [1.29, 1.82) is 0 Å². The lowest BCUT2D eigenvalue weighted by atomic mass is 10.1. The molecular formula is C11H19N5O3. The van der Waals surface area contributed by atoms with Crippen LogP contribution in [0.15, 0.2) is 6.20 Å². The van der Waals surface area contributed by atoms with E-state index in [-0.39, 0.29) is 19.0 Å². The predicted octanol–water partition coefficient (Wildman–Crippen LogP) is -0.646. The Morgan fingerprint density at radius 3 is 2.95 bits per heavy atom. The van der Waals surface area contributed by atoms with Gasteiger partial charge in [-0.3, -0.25) is 9.59 Å². The summed E-state index contributed by atoms with van der Waals surface area (Å²) in [6, 6.07) is 0. The molecule has 1 aromatic rings. The van der Waals surface area contributed by atoms with Gasteiger partial charge in [-0.15, -0.1) is 5.10 Å². The number of carbonyl (C=O) groups excluding carboxylic acids is 1. The van der Waals surface area contributed by atoms with Gasteiger partial charge >= 0.3 is 5.97 Å². The number of nitrogens with one attached hydrogen (secondary N) is 1. The smallest absolute Gasteiger partial charge is 0.325 e. The Bertz CT molecular complexity index is 432. The maximum Gasteiger partial charge on any atom is 0.325 e. The van der Waals surface area contributed by atoms with E-state index >= 15 is 0 Å². The highest BCUT2D eigenvalue weighted by molar-refractivity contribution is 5.75. The van der Waals surface area contributed by atoms with Crippen molar-refractivity contribution in [2.45, 2.75) is 32.9 Å². The number of amides is 1.